The highest BCUT2D eigenvalue weighted by molar-refractivity contribution is 7.10. The lowest BCUT2D eigenvalue weighted by Gasteiger charge is -2.30. The summed E-state index contributed by atoms with van der Waals surface area (Å²) in [5.41, 5.74) is 6.06. The van der Waals surface area contributed by atoms with Gasteiger partial charge in [0.05, 0.1) is 6.04 Å². The van der Waals surface area contributed by atoms with Crippen LogP contribution in [0.25, 0.3) is 0 Å². The fourth-order valence-corrected chi connectivity index (χ4v) is 2.99. The van der Waals surface area contributed by atoms with Crippen LogP contribution in [0.5, 0.6) is 0 Å². The van der Waals surface area contributed by atoms with E-state index in [1.165, 1.54) is 17.7 Å². The fraction of sp³-hybridized carbons (Fsp3) is 0.636. The highest BCUT2D eigenvalue weighted by Gasteiger charge is 2.33. The molecule has 1 heterocycles. The Morgan fingerprint density at radius 3 is 2.71 bits per heavy atom. The first-order valence-electron chi connectivity index (χ1n) is 5.21. The van der Waals surface area contributed by atoms with E-state index < -0.39 is 0 Å². The molecule has 2 unspecified atom stereocenters. The van der Waals surface area contributed by atoms with Crippen LogP contribution in [0.4, 0.5) is 0 Å². The summed E-state index contributed by atoms with van der Waals surface area (Å²) in [6.07, 6.45) is 2.68. The lowest BCUT2D eigenvalue weighted by Crippen LogP contribution is -2.37. The zero-order valence-corrected chi connectivity index (χ0v) is 9.63. The molecule has 1 fully saturated rings. The Morgan fingerprint density at radius 1 is 1.57 bits per heavy atom. The lowest BCUT2D eigenvalue weighted by atomic mass is 10.1. The van der Waals surface area contributed by atoms with Crippen molar-refractivity contribution in [1.82, 2.24) is 4.90 Å². The summed E-state index contributed by atoms with van der Waals surface area (Å²) in [5, 5.41) is 2.13. The summed E-state index contributed by atoms with van der Waals surface area (Å²) in [4.78, 5) is 3.84. The van der Waals surface area contributed by atoms with Gasteiger partial charge in [0.2, 0.25) is 0 Å². The molecule has 0 saturated heterocycles. The van der Waals surface area contributed by atoms with Crippen molar-refractivity contribution in [1.29, 1.82) is 0 Å². The largest absolute Gasteiger partial charge is 0.326 e. The maximum Gasteiger partial charge on any atom is 0.0590 e. The summed E-state index contributed by atoms with van der Waals surface area (Å²) in [6, 6.07) is 5.68. The Balaban J connectivity index is 2.14. The van der Waals surface area contributed by atoms with Crippen molar-refractivity contribution in [3.05, 3.63) is 22.4 Å². The second kappa shape index (κ2) is 4.01. The summed E-state index contributed by atoms with van der Waals surface area (Å²) in [7, 11) is 2.20. The molecule has 0 amide bonds. The molecule has 2 rings (SSSR count). The van der Waals surface area contributed by atoms with E-state index in [4.69, 9.17) is 5.73 Å². The second-order valence-electron chi connectivity index (χ2n) is 4.22. The van der Waals surface area contributed by atoms with Crippen molar-refractivity contribution in [3.8, 4) is 0 Å². The Morgan fingerprint density at radius 2 is 2.29 bits per heavy atom. The minimum absolute atomic E-state index is 0.208. The number of thiophene rings is 1. The molecular weight excluding hydrogens is 192 g/mol. The molecule has 1 aromatic heterocycles. The number of hydrogen-bond donors (Lipinski definition) is 1. The zero-order valence-electron chi connectivity index (χ0n) is 8.81. The van der Waals surface area contributed by atoms with Gasteiger partial charge in [0.25, 0.3) is 0 Å². The van der Waals surface area contributed by atoms with Gasteiger partial charge in [-0.3, -0.25) is 4.90 Å². The Hall–Kier alpha value is -0.380. The average molecular weight is 210 g/mol. The van der Waals surface area contributed by atoms with Crippen molar-refractivity contribution >= 4 is 11.3 Å². The quantitative estimate of drug-likeness (QED) is 0.825. The van der Waals surface area contributed by atoms with Crippen molar-refractivity contribution in [2.45, 2.75) is 37.9 Å². The molecule has 2 nitrogen and oxygen atoms in total. The van der Waals surface area contributed by atoms with E-state index in [0.29, 0.717) is 6.04 Å². The van der Waals surface area contributed by atoms with Crippen LogP contribution in [0.3, 0.4) is 0 Å². The summed E-state index contributed by atoms with van der Waals surface area (Å²) < 4.78 is 0. The van der Waals surface area contributed by atoms with E-state index >= 15 is 0 Å². The highest BCUT2D eigenvalue weighted by Crippen LogP contribution is 2.35. The second-order valence-corrected chi connectivity index (χ2v) is 5.20. The van der Waals surface area contributed by atoms with E-state index in [2.05, 4.69) is 36.4 Å². The smallest absolute Gasteiger partial charge is 0.0590 e. The number of hydrogen-bond acceptors (Lipinski definition) is 3. The molecule has 3 heteroatoms. The molecule has 0 aliphatic heterocycles. The van der Waals surface area contributed by atoms with E-state index in [1.807, 2.05) is 11.3 Å². The third-order valence-electron chi connectivity index (χ3n) is 2.89. The molecule has 2 atom stereocenters. The third-order valence-corrected chi connectivity index (χ3v) is 3.84. The maximum absolute atomic E-state index is 6.06. The summed E-state index contributed by atoms with van der Waals surface area (Å²) >= 11 is 1.81. The van der Waals surface area contributed by atoms with Gasteiger partial charge in [0.1, 0.15) is 0 Å². The molecule has 1 aromatic rings. The normalized spacial score (nSPS) is 21.1. The number of likely N-dealkylation sites (N-methyl/N-ethyl adjacent to an activating group) is 1. The van der Waals surface area contributed by atoms with Crippen molar-refractivity contribution < 1.29 is 0 Å². The van der Waals surface area contributed by atoms with Crippen LogP contribution >= 0.6 is 11.3 Å². The topological polar surface area (TPSA) is 29.3 Å². The summed E-state index contributed by atoms with van der Waals surface area (Å²) in [5.74, 6) is 0. The molecule has 0 aromatic carbocycles. The number of nitrogens with two attached hydrogens (primary N) is 1. The zero-order chi connectivity index (χ0) is 10.1. The molecular formula is C11H18N2S. The van der Waals surface area contributed by atoms with E-state index in [0.717, 1.165) is 6.04 Å². The van der Waals surface area contributed by atoms with Crippen LogP contribution in [0.1, 0.15) is 30.7 Å². The Bertz CT molecular complexity index is 277. The molecule has 78 valence electrons. The Kier molecular flexibility index (Phi) is 2.91. The number of rotatable bonds is 4. The predicted molar refractivity (Wildman–Crippen MR) is 61.5 cm³/mol. The van der Waals surface area contributed by atoms with Crippen LogP contribution in [0, 0.1) is 0 Å². The van der Waals surface area contributed by atoms with Crippen LogP contribution in [0.15, 0.2) is 17.5 Å². The molecule has 1 saturated carbocycles. The molecule has 1 aliphatic rings. The fourth-order valence-electron chi connectivity index (χ4n) is 2.00. The molecule has 0 bridgehead atoms. The van der Waals surface area contributed by atoms with Gasteiger partial charge in [-0.05, 0) is 38.3 Å². The van der Waals surface area contributed by atoms with Crippen molar-refractivity contribution in [2.24, 2.45) is 5.73 Å². The van der Waals surface area contributed by atoms with Gasteiger partial charge in [-0.15, -0.1) is 11.3 Å². The van der Waals surface area contributed by atoms with Crippen LogP contribution in [-0.4, -0.2) is 24.0 Å². The minimum atomic E-state index is 0.208. The van der Waals surface area contributed by atoms with Gasteiger partial charge in [0, 0.05) is 17.0 Å². The van der Waals surface area contributed by atoms with Gasteiger partial charge >= 0.3 is 0 Å². The number of nitrogens with zero attached hydrogens (tertiary/aromatic N) is 1. The highest BCUT2D eigenvalue weighted by atomic mass is 32.1. The first-order chi connectivity index (χ1) is 6.70. The molecule has 14 heavy (non-hydrogen) atoms. The van der Waals surface area contributed by atoms with Crippen LogP contribution < -0.4 is 5.73 Å². The first-order valence-corrected chi connectivity index (χ1v) is 6.09. The molecule has 1 aliphatic carbocycles. The van der Waals surface area contributed by atoms with Crippen LogP contribution in [-0.2, 0) is 0 Å². The van der Waals surface area contributed by atoms with Gasteiger partial charge in [-0.25, -0.2) is 0 Å². The van der Waals surface area contributed by atoms with Gasteiger partial charge in [0.15, 0.2) is 0 Å². The third kappa shape index (κ3) is 2.00. The van der Waals surface area contributed by atoms with E-state index in [9.17, 15) is 0 Å². The van der Waals surface area contributed by atoms with E-state index in [1.54, 1.807) is 0 Å². The maximum atomic E-state index is 6.06. The van der Waals surface area contributed by atoms with E-state index in [-0.39, 0.29) is 6.04 Å². The minimum Gasteiger partial charge on any atom is -0.326 e. The van der Waals surface area contributed by atoms with Gasteiger partial charge in [-0.2, -0.15) is 0 Å². The SMILES string of the molecule is CC(N)C(c1cccs1)N(C)C1CC1. The average Bonchev–Trinajstić information content (AvgIpc) is 2.85. The molecule has 2 N–H and O–H groups in total. The Labute approximate surface area is 89.7 Å². The summed E-state index contributed by atoms with van der Waals surface area (Å²) in [6.45, 7) is 2.10. The first kappa shape index (κ1) is 10.1. The van der Waals surface area contributed by atoms with Gasteiger partial charge < -0.3 is 5.73 Å². The standard InChI is InChI=1S/C11H18N2S/c1-8(12)11(10-4-3-7-14-10)13(2)9-5-6-9/h3-4,7-9,11H,5-6,12H2,1-2H3. The van der Waals surface area contributed by atoms with Gasteiger partial charge in [-0.1, -0.05) is 6.07 Å². The predicted octanol–water partition coefficient (Wildman–Crippen LogP) is 2.23. The van der Waals surface area contributed by atoms with Crippen LogP contribution in [0.2, 0.25) is 0 Å². The molecule has 0 spiro atoms. The van der Waals surface area contributed by atoms with Crippen molar-refractivity contribution in [3.63, 3.8) is 0 Å². The lowest BCUT2D eigenvalue weighted by molar-refractivity contribution is 0.213. The molecule has 0 radical (unpaired) electrons. The van der Waals surface area contributed by atoms with Crippen molar-refractivity contribution in [2.75, 3.05) is 7.05 Å². The monoisotopic (exact) mass is 210 g/mol.